The van der Waals surface area contributed by atoms with E-state index in [1.807, 2.05) is 4.90 Å². The van der Waals surface area contributed by atoms with Crippen molar-refractivity contribution in [2.24, 2.45) is 5.73 Å². The molecular formula is C19H24N4O2. The number of nitrogens with zero attached hydrogens (tertiary/aromatic N) is 2. The van der Waals surface area contributed by atoms with Gasteiger partial charge in [0.15, 0.2) is 0 Å². The number of carbonyl (C=O) groups excluding carboxylic acids is 2. The van der Waals surface area contributed by atoms with Crippen molar-refractivity contribution < 1.29 is 9.59 Å². The molecule has 1 saturated heterocycles. The molecule has 0 saturated carbocycles. The number of primary amides is 1. The number of nitrogens with two attached hydrogens (primary N) is 1. The van der Waals surface area contributed by atoms with Gasteiger partial charge in [-0.2, -0.15) is 5.10 Å². The molecule has 6 nitrogen and oxygen atoms in total. The molecular weight excluding hydrogens is 316 g/mol. The number of hydrogen-bond acceptors (Lipinski definition) is 3. The van der Waals surface area contributed by atoms with Crippen molar-refractivity contribution >= 4 is 11.8 Å². The average molecular weight is 340 g/mol. The molecule has 0 spiro atoms. The lowest BCUT2D eigenvalue weighted by Crippen LogP contribution is -2.39. The van der Waals surface area contributed by atoms with Crippen LogP contribution in [-0.2, 0) is 11.2 Å². The minimum atomic E-state index is -0.538. The lowest BCUT2D eigenvalue weighted by molar-refractivity contribution is -0.132. The zero-order chi connectivity index (χ0) is 17.8. The first-order valence-electron chi connectivity index (χ1n) is 8.71. The van der Waals surface area contributed by atoms with Crippen LogP contribution in [0.4, 0.5) is 0 Å². The third-order valence-corrected chi connectivity index (χ3v) is 4.81. The van der Waals surface area contributed by atoms with Crippen LogP contribution in [0.2, 0.25) is 0 Å². The molecule has 1 aliphatic rings. The highest BCUT2D eigenvalue weighted by molar-refractivity contribution is 5.90. The topological polar surface area (TPSA) is 92.1 Å². The fraction of sp³-hybridized carbons (Fsp3) is 0.421. The lowest BCUT2D eigenvalue weighted by Gasteiger charge is -2.32. The van der Waals surface area contributed by atoms with Gasteiger partial charge in [0, 0.05) is 31.1 Å². The summed E-state index contributed by atoms with van der Waals surface area (Å²) < 4.78 is 0. The molecule has 2 aromatic rings. The minimum absolute atomic E-state index is 0.178. The van der Waals surface area contributed by atoms with Crippen molar-refractivity contribution in [3.63, 3.8) is 0 Å². The number of aryl methyl sites for hydroxylation is 2. The molecule has 1 aromatic heterocycles. The second-order valence-corrected chi connectivity index (χ2v) is 6.74. The van der Waals surface area contributed by atoms with Gasteiger partial charge in [0.1, 0.15) is 5.69 Å². The number of rotatable bonds is 5. The Bertz CT molecular complexity index is 751. The highest BCUT2D eigenvalue weighted by Crippen LogP contribution is 2.26. The Labute approximate surface area is 147 Å². The van der Waals surface area contributed by atoms with E-state index in [0.717, 1.165) is 31.5 Å². The van der Waals surface area contributed by atoms with Crippen molar-refractivity contribution in [3.05, 3.63) is 52.8 Å². The maximum Gasteiger partial charge on any atom is 0.269 e. The molecule has 1 unspecified atom stereocenters. The number of nitrogens with one attached hydrogen (secondary N) is 1. The van der Waals surface area contributed by atoms with Crippen LogP contribution in [0.5, 0.6) is 0 Å². The Kier molecular flexibility index (Phi) is 5.16. The number of carbonyl (C=O) groups is 2. The molecule has 1 atom stereocenters. The summed E-state index contributed by atoms with van der Waals surface area (Å²) in [6, 6.07) is 10.0. The van der Waals surface area contributed by atoms with Crippen LogP contribution < -0.4 is 5.73 Å². The van der Waals surface area contributed by atoms with Gasteiger partial charge in [-0.05, 0) is 37.8 Å². The molecule has 1 fully saturated rings. The summed E-state index contributed by atoms with van der Waals surface area (Å²) in [7, 11) is 0. The highest BCUT2D eigenvalue weighted by Gasteiger charge is 2.26. The van der Waals surface area contributed by atoms with Crippen molar-refractivity contribution in [2.45, 2.75) is 38.5 Å². The number of piperidine rings is 1. The van der Waals surface area contributed by atoms with Gasteiger partial charge in [0.05, 0.1) is 0 Å². The molecule has 3 N–H and O–H groups in total. The van der Waals surface area contributed by atoms with E-state index in [1.165, 1.54) is 11.1 Å². The second kappa shape index (κ2) is 7.51. The minimum Gasteiger partial charge on any atom is -0.364 e. The fourth-order valence-electron chi connectivity index (χ4n) is 3.29. The van der Waals surface area contributed by atoms with E-state index in [2.05, 4.69) is 41.4 Å². The van der Waals surface area contributed by atoms with E-state index in [-0.39, 0.29) is 17.5 Å². The molecule has 2 heterocycles. The first-order chi connectivity index (χ1) is 12.0. The molecule has 1 aliphatic heterocycles. The van der Waals surface area contributed by atoms with Gasteiger partial charge in [-0.1, -0.05) is 29.8 Å². The van der Waals surface area contributed by atoms with Crippen LogP contribution in [0.15, 0.2) is 30.3 Å². The quantitative estimate of drug-likeness (QED) is 0.873. The zero-order valence-electron chi connectivity index (χ0n) is 14.5. The summed E-state index contributed by atoms with van der Waals surface area (Å²) >= 11 is 0. The van der Waals surface area contributed by atoms with Gasteiger partial charge in [-0.25, -0.2) is 0 Å². The van der Waals surface area contributed by atoms with Gasteiger partial charge in [-0.15, -0.1) is 0 Å². The molecule has 1 aromatic carbocycles. The van der Waals surface area contributed by atoms with Crippen LogP contribution in [0.3, 0.4) is 0 Å². The van der Waals surface area contributed by atoms with E-state index >= 15 is 0 Å². The predicted molar refractivity (Wildman–Crippen MR) is 95.2 cm³/mol. The fourth-order valence-corrected chi connectivity index (χ4v) is 3.29. The maximum atomic E-state index is 12.6. The van der Waals surface area contributed by atoms with E-state index in [4.69, 9.17) is 5.73 Å². The van der Waals surface area contributed by atoms with Crippen molar-refractivity contribution in [1.82, 2.24) is 15.1 Å². The summed E-state index contributed by atoms with van der Waals surface area (Å²) in [5, 5.41) is 6.83. The van der Waals surface area contributed by atoms with Crippen LogP contribution >= 0.6 is 0 Å². The highest BCUT2D eigenvalue weighted by atomic mass is 16.2. The zero-order valence-corrected chi connectivity index (χ0v) is 14.5. The van der Waals surface area contributed by atoms with Gasteiger partial charge < -0.3 is 10.6 Å². The van der Waals surface area contributed by atoms with Gasteiger partial charge in [0.25, 0.3) is 5.91 Å². The Morgan fingerprint density at radius 3 is 2.76 bits per heavy atom. The molecule has 3 rings (SSSR count). The average Bonchev–Trinajstić information content (AvgIpc) is 3.11. The normalized spacial score (nSPS) is 17.5. The summed E-state index contributed by atoms with van der Waals surface area (Å²) in [5.74, 6) is -0.179. The Morgan fingerprint density at radius 2 is 2.08 bits per heavy atom. The van der Waals surface area contributed by atoms with E-state index < -0.39 is 5.91 Å². The molecule has 0 radical (unpaired) electrons. The summed E-state index contributed by atoms with van der Waals surface area (Å²) in [6.07, 6.45) is 3.20. The number of hydrogen-bond donors (Lipinski definition) is 2. The van der Waals surface area contributed by atoms with Crippen LogP contribution in [0, 0.1) is 6.92 Å². The van der Waals surface area contributed by atoms with Crippen molar-refractivity contribution in [3.8, 4) is 0 Å². The van der Waals surface area contributed by atoms with E-state index in [0.29, 0.717) is 13.0 Å². The third-order valence-electron chi connectivity index (χ3n) is 4.81. The number of aromatic nitrogens is 2. The SMILES string of the molecule is Cc1ccc(CCC(=O)N2CCCC(c3cc(C(N)=O)n[nH]3)C2)cc1. The molecule has 132 valence electrons. The first-order valence-corrected chi connectivity index (χ1v) is 8.71. The number of H-pyrrole nitrogens is 1. The number of benzene rings is 1. The molecule has 6 heteroatoms. The summed E-state index contributed by atoms with van der Waals surface area (Å²) in [5.41, 5.74) is 8.79. The van der Waals surface area contributed by atoms with Gasteiger partial charge >= 0.3 is 0 Å². The molecule has 2 amide bonds. The standard InChI is InChI=1S/C19H24N4O2/c1-13-4-6-14(7-5-13)8-9-18(24)23-10-2-3-15(12-23)16-11-17(19(20)25)22-21-16/h4-7,11,15H,2-3,8-10,12H2,1H3,(H2,20,25)(H,21,22). The molecule has 25 heavy (non-hydrogen) atoms. The van der Waals surface area contributed by atoms with Crippen LogP contribution in [0.25, 0.3) is 0 Å². The number of amides is 2. The van der Waals surface area contributed by atoms with Crippen molar-refractivity contribution in [1.29, 1.82) is 0 Å². The Morgan fingerprint density at radius 1 is 1.32 bits per heavy atom. The predicted octanol–water partition coefficient (Wildman–Crippen LogP) is 2.16. The van der Waals surface area contributed by atoms with Gasteiger partial charge in [0.2, 0.25) is 5.91 Å². The number of likely N-dealkylation sites (tertiary alicyclic amines) is 1. The summed E-state index contributed by atoms with van der Waals surface area (Å²) in [4.78, 5) is 25.7. The molecule has 0 aliphatic carbocycles. The van der Waals surface area contributed by atoms with Gasteiger partial charge in [-0.3, -0.25) is 14.7 Å². The number of aromatic amines is 1. The maximum absolute atomic E-state index is 12.6. The van der Waals surface area contributed by atoms with Crippen molar-refractivity contribution in [2.75, 3.05) is 13.1 Å². The van der Waals surface area contributed by atoms with Crippen LogP contribution in [0.1, 0.15) is 52.5 Å². The second-order valence-electron chi connectivity index (χ2n) is 6.74. The first kappa shape index (κ1) is 17.2. The van der Waals surface area contributed by atoms with E-state index in [9.17, 15) is 9.59 Å². The smallest absolute Gasteiger partial charge is 0.269 e. The Hall–Kier alpha value is -2.63. The Balaban J connectivity index is 1.57. The van der Waals surface area contributed by atoms with E-state index in [1.54, 1.807) is 6.07 Å². The lowest BCUT2D eigenvalue weighted by atomic mass is 9.94. The van der Waals surface area contributed by atoms with Crippen LogP contribution in [-0.4, -0.2) is 40.0 Å². The largest absolute Gasteiger partial charge is 0.364 e. The third kappa shape index (κ3) is 4.26. The molecule has 0 bridgehead atoms. The monoisotopic (exact) mass is 340 g/mol. The summed E-state index contributed by atoms with van der Waals surface area (Å²) in [6.45, 7) is 3.51.